The lowest BCUT2D eigenvalue weighted by molar-refractivity contribution is -0.162. The predicted octanol–water partition coefficient (Wildman–Crippen LogP) is 3.87. The zero-order valence-corrected chi connectivity index (χ0v) is 15.9. The zero-order chi connectivity index (χ0) is 18.2. The summed E-state index contributed by atoms with van der Waals surface area (Å²) in [5.74, 6) is 0.292. The van der Waals surface area contributed by atoms with Gasteiger partial charge in [0.15, 0.2) is 0 Å². The maximum Gasteiger partial charge on any atom is 0.311 e. The van der Waals surface area contributed by atoms with Crippen molar-refractivity contribution in [2.45, 2.75) is 52.7 Å². The molecule has 0 aromatic heterocycles. The molecule has 140 valence electrons. The molecule has 1 aliphatic rings. The Bertz CT molecular complexity index is 514. The third kappa shape index (κ3) is 6.44. The Morgan fingerprint density at radius 1 is 1.16 bits per heavy atom. The van der Waals surface area contributed by atoms with Crippen molar-refractivity contribution in [1.82, 2.24) is 0 Å². The monoisotopic (exact) mass is 348 g/mol. The van der Waals surface area contributed by atoms with Crippen LogP contribution in [0.4, 0.5) is 0 Å². The Hall–Kier alpha value is -1.39. The lowest BCUT2D eigenvalue weighted by Crippen LogP contribution is -2.40. The van der Waals surface area contributed by atoms with Gasteiger partial charge < -0.3 is 14.2 Å². The fourth-order valence-corrected chi connectivity index (χ4v) is 3.11. The summed E-state index contributed by atoms with van der Waals surface area (Å²) in [4.78, 5) is 12.2. The molecule has 25 heavy (non-hydrogen) atoms. The first-order valence-corrected chi connectivity index (χ1v) is 9.41. The van der Waals surface area contributed by atoms with Crippen LogP contribution in [0.15, 0.2) is 30.3 Å². The molecule has 0 amide bonds. The summed E-state index contributed by atoms with van der Waals surface area (Å²) in [5, 5.41) is 0. The van der Waals surface area contributed by atoms with Gasteiger partial charge in [-0.05, 0) is 38.2 Å². The van der Waals surface area contributed by atoms with Crippen molar-refractivity contribution in [1.29, 1.82) is 0 Å². The molecule has 0 bridgehead atoms. The summed E-state index contributed by atoms with van der Waals surface area (Å²) in [6, 6.07) is 10.4. The van der Waals surface area contributed by atoms with Gasteiger partial charge >= 0.3 is 5.97 Å². The van der Waals surface area contributed by atoms with Crippen LogP contribution >= 0.6 is 0 Å². The Morgan fingerprint density at radius 3 is 2.56 bits per heavy atom. The molecule has 1 aromatic rings. The average molecular weight is 348 g/mol. The van der Waals surface area contributed by atoms with E-state index in [0.717, 1.165) is 12.8 Å². The second kappa shape index (κ2) is 9.93. The van der Waals surface area contributed by atoms with Gasteiger partial charge in [-0.25, -0.2) is 0 Å². The normalized spacial score (nSPS) is 28.1. The highest BCUT2D eigenvalue weighted by atomic mass is 16.6. The van der Waals surface area contributed by atoms with Crippen molar-refractivity contribution in [3.05, 3.63) is 35.9 Å². The molecule has 1 aliphatic heterocycles. The summed E-state index contributed by atoms with van der Waals surface area (Å²) in [6.45, 7) is 9.80. The van der Waals surface area contributed by atoms with Crippen LogP contribution in [-0.2, 0) is 25.4 Å². The molecule has 0 radical (unpaired) electrons. The molecule has 4 atom stereocenters. The quantitative estimate of drug-likeness (QED) is 0.732. The van der Waals surface area contributed by atoms with E-state index in [-0.39, 0.29) is 30.0 Å². The number of benzene rings is 1. The first-order valence-electron chi connectivity index (χ1n) is 9.41. The minimum absolute atomic E-state index is 0.155. The van der Waals surface area contributed by atoms with Crippen LogP contribution in [0.25, 0.3) is 0 Å². The fraction of sp³-hybridized carbons (Fsp3) is 0.667. The topological polar surface area (TPSA) is 44.8 Å². The van der Waals surface area contributed by atoms with Gasteiger partial charge in [-0.15, -0.1) is 0 Å². The molecule has 0 aliphatic carbocycles. The molecule has 0 N–H and O–H groups in total. The van der Waals surface area contributed by atoms with E-state index < -0.39 is 0 Å². The van der Waals surface area contributed by atoms with Gasteiger partial charge in [0.1, 0.15) is 6.10 Å². The predicted molar refractivity (Wildman–Crippen MR) is 98.4 cm³/mol. The molecule has 2 rings (SSSR count). The zero-order valence-electron chi connectivity index (χ0n) is 15.9. The fourth-order valence-electron chi connectivity index (χ4n) is 3.11. The number of carbonyl (C=O) groups excluding carboxylic acids is 1. The Balaban J connectivity index is 2.14. The lowest BCUT2D eigenvalue weighted by Gasteiger charge is -2.31. The minimum Gasteiger partial charge on any atom is -0.460 e. The maximum absolute atomic E-state index is 12.2. The van der Waals surface area contributed by atoms with Crippen molar-refractivity contribution in [2.24, 2.45) is 17.8 Å². The lowest BCUT2D eigenvalue weighted by atomic mass is 9.91. The molecular formula is C21H32O4. The second-order valence-corrected chi connectivity index (χ2v) is 7.55. The number of carbonyl (C=O) groups is 1. The molecule has 0 spiro atoms. The second-order valence-electron chi connectivity index (χ2n) is 7.55. The minimum atomic E-state index is -0.280. The summed E-state index contributed by atoms with van der Waals surface area (Å²) in [6.07, 6.45) is 1.40. The summed E-state index contributed by atoms with van der Waals surface area (Å²) >= 11 is 0. The van der Waals surface area contributed by atoms with E-state index in [1.54, 1.807) is 0 Å². The van der Waals surface area contributed by atoms with E-state index in [2.05, 4.69) is 26.0 Å². The van der Waals surface area contributed by atoms with Crippen LogP contribution in [0, 0.1) is 17.8 Å². The van der Waals surface area contributed by atoms with Gasteiger partial charge in [0.25, 0.3) is 0 Å². The van der Waals surface area contributed by atoms with E-state index in [9.17, 15) is 4.79 Å². The van der Waals surface area contributed by atoms with Crippen LogP contribution in [0.1, 0.15) is 39.7 Å². The largest absolute Gasteiger partial charge is 0.460 e. The van der Waals surface area contributed by atoms with E-state index in [0.29, 0.717) is 25.7 Å². The number of hydrogen-bond donors (Lipinski definition) is 0. The third-order valence-corrected chi connectivity index (χ3v) is 4.68. The van der Waals surface area contributed by atoms with Crippen LogP contribution in [0.2, 0.25) is 0 Å². The van der Waals surface area contributed by atoms with Gasteiger partial charge in [0, 0.05) is 12.5 Å². The number of hydrogen-bond acceptors (Lipinski definition) is 4. The van der Waals surface area contributed by atoms with Crippen LogP contribution in [0.5, 0.6) is 0 Å². The van der Waals surface area contributed by atoms with Gasteiger partial charge in [-0.1, -0.05) is 44.2 Å². The van der Waals surface area contributed by atoms with Crippen molar-refractivity contribution in [3.8, 4) is 0 Å². The summed E-state index contributed by atoms with van der Waals surface area (Å²) < 4.78 is 17.7. The molecule has 4 nitrogen and oxygen atoms in total. The third-order valence-electron chi connectivity index (χ3n) is 4.68. The van der Waals surface area contributed by atoms with Crippen LogP contribution in [0.3, 0.4) is 0 Å². The molecule has 1 fully saturated rings. The van der Waals surface area contributed by atoms with Gasteiger partial charge in [-0.2, -0.15) is 0 Å². The Kier molecular flexibility index (Phi) is 7.91. The number of rotatable bonds is 6. The van der Waals surface area contributed by atoms with Crippen molar-refractivity contribution in [2.75, 3.05) is 19.8 Å². The molecule has 4 heteroatoms. The van der Waals surface area contributed by atoms with Crippen molar-refractivity contribution < 1.29 is 19.0 Å². The highest BCUT2D eigenvalue weighted by Crippen LogP contribution is 2.24. The summed E-state index contributed by atoms with van der Waals surface area (Å²) in [5.41, 5.74) is 1.25. The molecule has 1 aromatic carbocycles. The van der Waals surface area contributed by atoms with Gasteiger partial charge in [0.05, 0.1) is 25.2 Å². The standard InChI is InChI=1S/C21H32O4/c1-15(2)10-11-24-20-17(4)25-21(22)16(3)13-23-14-19(20)12-18-8-6-5-7-9-18/h5-9,15-17,19-20H,10-14H2,1-4H3/t16-,17-,19-,20-/m0/s1. The molecule has 0 unspecified atom stereocenters. The Labute approximate surface area is 151 Å². The van der Waals surface area contributed by atoms with Gasteiger partial charge in [0.2, 0.25) is 0 Å². The van der Waals surface area contributed by atoms with Crippen LogP contribution < -0.4 is 0 Å². The molecule has 1 heterocycles. The van der Waals surface area contributed by atoms with Gasteiger partial charge in [-0.3, -0.25) is 4.79 Å². The molecular weight excluding hydrogens is 316 g/mol. The maximum atomic E-state index is 12.2. The van der Waals surface area contributed by atoms with E-state index >= 15 is 0 Å². The number of cyclic esters (lactones) is 1. The van der Waals surface area contributed by atoms with Crippen molar-refractivity contribution >= 4 is 5.97 Å². The van der Waals surface area contributed by atoms with E-state index in [1.807, 2.05) is 32.0 Å². The first-order chi connectivity index (χ1) is 12.0. The Morgan fingerprint density at radius 2 is 1.88 bits per heavy atom. The first kappa shape index (κ1) is 19.9. The smallest absolute Gasteiger partial charge is 0.311 e. The number of ether oxygens (including phenoxy) is 3. The summed E-state index contributed by atoms with van der Waals surface area (Å²) in [7, 11) is 0. The molecule has 0 saturated carbocycles. The van der Waals surface area contributed by atoms with E-state index in [1.165, 1.54) is 5.56 Å². The van der Waals surface area contributed by atoms with E-state index in [4.69, 9.17) is 14.2 Å². The molecule has 1 saturated heterocycles. The average Bonchev–Trinajstić information content (AvgIpc) is 2.61. The number of esters is 1. The highest BCUT2D eigenvalue weighted by molar-refractivity contribution is 5.72. The highest BCUT2D eigenvalue weighted by Gasteiger charge is 2.33. The van der Waals surface area contributed by atoms with Crippen molar-refractivity contribution in [3.63, 3.8) is 0 Å². The van der Waals surface area contributed by atoms with Crippen LogP contribution in [-0.4, -0.2) is 38.0 Å². The SMILES string of the molecule is CC(C)CCO[C@@H]1[C@@H](Cc2ccccc2)COC[C@H](C)C(=O)O[C@H]1C.